The van der Waals surface area contributed by atoms with E-state index in [1.807, 2.05) is 0 Å². The lowest BCUT2D eigenvalue weighted by molar-refractivity contribution is -0.00673. The number of hydrogen-bond donors (Lipinski definition) is 1. The topological polar surface area (TPSA) is 61.1 Å². The van der Waals surface area contributed by atoms with Gasteiger partial charge in [0, 0.05) is 44.0 Å². The molecule has 0 radical (unpaired) electrons. The second-order valence-corrected chi connectivity index (χ2v) is 7.10. The number of fused-ring (bicyclic) bond motifs is 1. The van der Waals surface area contributed by atoms with Gasteiger partial charge in [-0.05, 0) is 38.4 Å². The van der Waals surface area contributed by atoms with E-state index in [0.717, 1.165) is 18.8 Å². The SMILES string of the molecule is CC1CCCCN1C1CN(Cc2cc(=O)n3cccc(O)c3n2)C1. The summed E-state index contributed by atoms with van der Waals surface area (Å²) in [6, 6.07) is 6.10. The number of likely N-dealkylation sites (tertiary alicyclic amines) is 2. The maximum Gasteiger partial charge on any atom is 0.258 e. The molecule has 2 aliphatic rings. The van der Waals surface area contributed by atoms with Gasteiger partial charge in [-0.2, -0.15) is 0 Å². The van der Waals surface area contributed by atoms with Crippen molar-refractivity contribution < 1.29 is 5.11 Å². The predicted molar refractivity (Wildman–Crippen MR) is 92.2 cm³/mol. The minimum atomic E-state index is -0.146. The molecule has 0 bridgehead atoms. The Morgan fingerprint density at radius 3 is 2.96 bits per heavy atom. The number of rotatable bonds is 3. The largest absolute Gasteiger partial charge is 0.504 e. The Balaban J connectivity index is 1.45. The summed E-state index contributed by atoms with van der Waals surface area (Å²) in [6.07, 6.45) is 5.59. The minimum Gasteiger partial charge on any atom is -0.504 e. The highest BCUT2D eigenvalue weighted by molar-refractivity contribution is 5.52. The molecule has 2 saturated heterocycles. The third kappa shape index (κ3) is 2.80. The monoisotopic (exact) mass is 328 g/mol. The summed E-state index contributed by atoms with van der Waals surface area (Å²) in [6.45, 7) is 6.27. The van der Waals surface area contributed by atoms with Crippen LogP contribution in [0.2, 0.25) is 0 Å². The van der Waals surface area contributed by atoms with Crippen LogP contribution >= 0.6 is 0 Å². The first-order valence-electron chi connectivity index (χ1n) is 8.80. The van der Waals surface area contributed by atoms with Crippen LogP contribution in [0.15, 0.2) is 29.2 Å². The van der Waals surface area contributed by atoms with Crippen molar-refractivity contribution in [2.24, 2.45) is 0 Å². The highest BCUT2D eigenvalue weighted by Crippen LogP contribution is 2.25. The molecule has 0 amide bonds. The summed E-state index contributed by atoms with van der Waals surface area (Å²) >= 11 is 0. The molecule has 24 heavy (non-hydrogen) atoms. The van der Waals surface area contributed by atoms with Gasteiger partial charge >= 0.3 is 0 Å². The molecule has 6 nitrogen and oxygen atoms in total. The molecule has 0 spiro atoms. The van der Waals surface area contributed by atoms with Crippen molar-refractivity contribution in [1.82, 2.24) is 19.2 Å². The summed E-state index contributed by atoms with van der Waals surface area (Å²) in [5.74, 6) is 0.0417. The number of aromatic hydroxyl groups is 1. The van der Waals surface area contributed by atoms with Gasteiger partial charge in [-0.25, -0.2) is 4.98 Å². The van der Waals surface area contributed by atoms with Crippen molar-refractivity contribution in [3.8, 4) is 5.75 Å². The number of aromatic nitrogens is 2. The Kier molecular flexibility index (Phi) is 4.02. The van der Waals surface area contributed by atoms with Gasteiger partial charge < -0.3 is 5.11 Å². The van der Waals surface area contributed by atoms with Gasteiger partial charge in [-0.1, -0.05) is 6.42 Å². The van der Waals surface area contributed by atoms with Crippen molar-refractivity contribution in [2.45, 2.75) is 44.8 Å². The predicted octanol–water partition coefficient (Wildman–Crippen LogP) is 1.46. The molecule has 4 heterocycles. The number of nitrogens with zero attached hydrogens (tertiary/aromatic N) is 4. The molecule has 128 valence electrons. The van der Waals surface area contributed by atoms with E-state index in [0.29, 0.717) is 24.3 Å². The Morgan fingerprint density at radius 2 is 2.17 bits per heavy atom. The zero-order valence-electron chi connectivity index (χ0n) is 14.1. The van der Waals surface area contributed by atoms with Gasteiger partial charge in [0.1, 0.15) is 0 Å². The molecular weight excluding hydrogens is 304 g/mol. The second kappa shape index (κ2) is 6.18. The first-order valence-corrected chi connectivity index (χ1v) is 8.80. The Morgan fingerprint density at radius 1 is 1.33 bits per heavy atom. The second-order valence-electron chi connectivity index (χ2n) is 7.10. The summed E-state index contributed by atoms with van der Waals surface area (Å²) in [4.78, 5) is 21.6. The fraction of sp³-hybridized carbons (Fsp3) is 0.556. The van der Waals surface area contributed by atoms with Gasteiger partial charge in [-0.15, -0.1) is 0 Å². The van der Waals surface area contributed by atoms with Crippen LogP contribution in [0.5, 0.6) is 5.75 Å². The Bertz CT molecular complexity index is 797. The van der Waals surface area contributed by atoms with Crippen LogP contribution < -0.4 is 5.56 Å². The van der Waals surface area contributed by atoms with E-state index in [4.69, 9.17) is 0 Å². The van der Waals surface area contributed by atoms with E-state index in [9.17, 15) is 9.90 Å². The van der Waals surface area contributed by atoms with Gasteiger partial charge in [0.15, 0.2) is 11.4 Å². The summed E-state index contributed by atoms with van der Waals surface area (Å²) < 4.78 is 1.38. The average molecular weight is 328 g/mol. The number of pyridine rings is 1. The molecule has 1 atom stereocenters. The molecule has 1 unspecified atom stereocenters. The number of hydrogen-bond acceptors (Lipinski definition) is 5. The summed E-state index contributed by atoms with van der Waals surface area (Å²) in [5.41, 5.74) is 0.918. The fourth-order valence-corrected chi connectivity index (χ4v) is 4.01. The van der Waals surface area contributed by atoms with E-state index < -0.39 is 0 Å². The summed E-state index contributed by atoms with van der Waals surface area (Å²) in [7, 11) is 0. The molecule has 2 fully saturated rings. The van der Waals surface area contributed by atoms with Crippen LogP contribution in [0.25, 0.3) is 5.65 Å². The molecule has 1 N–H and O–H groups in total. The molecule has 0 saturated carbocycles. The Labute approximate surface area is 141 Å². The van der Waals surface area contributed by atoms with Crippen LogP contribution in [-0.2, 0) is 6.54 Å². The van der Waals surface area contributed by atoms with Crippen molar-refractivity contribution >= 4 is 5.65 Å². The van der Waals surface area contributed by atoms with E-state index in [2.05, 4.69) is 21.7 Å². The van der Waals surface area contributed by atoms with E-state index >= 15 is 0 Å². The lowest BCUT2D eigenvalue weighted by Gasteiger charge is -2.49. The van der Waals surface area contributed by atoms with Gasteiger partial charge in [-0.3, -0.25) is 19.0 Å². The lowest BCUT2D eigenvalue weighted by atomic mass is 9.97. The highest BCUT2D eigenvalue weighted by Gasteiger charge is 2.35. The standard InChI is InChI=1S/C18H24N4O2/c1-13-5-2-3-7-21(13)15-11-20(12-15)10-14-9-17(24)22-8-4-6-16(23)18(22)19-14/h4,6,8-9,13,15,23H,2-3,5,7,10-12H2,1H3. The van der Waals surface area contributed by atoms with Crippen LogP contribution in [0, 0.1) is 0 Å². The quantitative estimate of drug-likeness (QED) is 0.924. The lowest BCUT2D eigenvalue weighted by Crippen LogP contribution is -2.61. The minimum absolute atomic E-state index is 0.0417. The van der Waals surface area contributed by atoms with Gasteiger partial charge in [0.2, 0.25) is 0 Å². The maximum atomic E-state index is 12.2. The van der Waals surface area contributed by atoms with Crippen molar-refractivity contribution in [3.63, 3.8) is 0 Å². The maximum absolute atomic E-state index is 12.2. The fourth-order valence-electron chi connectivity index (χ4n) is 4.01. The number of piperidine rings is 1. The van der Waals surface area contributed by atoms with Crippen molar-refractivity contribution in [3.05, 3.63) is 40.4 Å². The molecule has 2 aromatic rings. The molecule has 6 heteroatoms. The molecule has 2 aliphatic heterocycles. The first kappa shape index (κ1) is 15.6. The third-order valence-electron chi connectivity index (χ3n) is 5.37. The van der Waals surface area contributed by atoms with Crippen molar-refractivity contribution in [2.75, 3.05) is 19.6 Å². The van der Waals surface area contributed by atoms with Gasteiger partial charge in [0.25, 0.3) is 5.56 Å². The normalized spacial score (nSPS) is 23.5. The van der Waals surface area contributed by atoms with E-state index in [1.165, 1.54) is 30.2 Å². The smallest absolute Gasteiger partial charge is 0.258 e. The van der Waals surface area contributed by atoms with E-state index in [-0.39, 0.29) is 11.3 Å². The zero-order chi connectivity index (χ0) is 16.7. The highest BCUT2D eigenvalue weighted by atomic mass is 16.3. The molecule has 0 aromatic carbocycles. The summed E-state index contributed by atoms with van der Waals surface area (Å²) in [5, 5.41) is 9.92. The van der Waals surface area contributed by atoms with Gasteiger partial charge in [0.05, 0.1) is 5.69 Å². The molecule has 2 aromatic heterocycles. The molecular formula is C18H24N4O2. The van der Waals surface area contributed by atoms with E-state index in [1.54, 1.807) is 24.4 Å². The van der Waals surface area contributed by atoms with Crippen LogP contribution in [0.4, 0.5) is 0 Å². The van der Waals surface area contributed by atoms with Crippen LogP contribution in [-0.4, -0.2) is 56.0 Å². The first-order chi connectivity index (χ1) is 11.6. The zero-order valence-corrected chi connectivity index (χ0v) is 14.1. The molecule has 0 aliphatic carbocycles. The third-order valence-corrected chi connectivity index (χ3v) is 5.37. The van der Waals surface area contributed by atoms with Crippen LogP contribution in [0.1, 0.15) is 31.9 Å². The van der Waals surface area contributed by atoms with Crippen molar-refractivity contribution in [1.29, 1.82) is 0 Å². The van der Waals surface area contributed by atoms with Crippen LogP contribution in [0.3, 0.4) is 0 Å². The molecule has 4 rings (SSSR count). The Hall–Kier alpha value is -1.92. The average Bonchev–Trinajstić information content (AvgIpc) is 2.53.